The highest BCUT2D eigenvalue weighted by atomic mass is 16.5. The maximum atomic E-state index is 6.21. The van der Waals surface area contributed by atoms with Gasteiger partial charge in [0.25, 0.3) is 0 Å². The second-order valence-corrected chi connectivity index (χ2v) is 7.63. The third-order valence-corrected chi connectivity index (χ3v) is 6.13. The van der Waals surface area contributed by atoms with Gasteiger partial charge in [-0.3, -0.25) is 9.89 Å². The lowest BCUT2D eigenvalue weighted by atomic mass is 9.74. The first-order valence-electron chi connectivity index (χ1n) is 10.2. The maximum Gasteiger partial charge on any atom is 0.188 e. The van der Waals surface area contributed by atoms with Crippen LogP contribution in [0.5, 0.6) is 5.75 Å². The van der Waals surface area contributed by atoms with E-state index in [4.69, 9.17) is 20.2 Å². The number of ether oxygens (including phenoxy) is 2. The van der Waals surface area contributed by atoms with Crippen LogP contribution in [-0.2, 0) is 10.2 Å². The van der Waals surface area contributed by atoms with Crippen molar-refractivity contribution in [2.45, 2.75) is 44.1 Å². The minimum atomic E-state index is -0.0143. The molecule has 0 aromatic heterocycles. The monoisotopic (exact) mass is 374 g/mol. The van der Waals surface area contributed by atoms with E-state index in [-0.39, 0.29) is 5.41 Å². The van der Waals surface area contributed by atoms with Gasteiger partial charge in [0.05, 0.1) is 13.7 Å². The van der Waals surface area contributed by atoms with Gasteiger partial charge in [0.2, 0.25) is 0 Å². The fraction of sp³-hybridized carbons (Fsp3) is 0.667. The number of likely N-dealkylation sites (tertiary alicyclic amines) is 1. The van der Waals surface area contributed by atoms with Crippen molar-refractivity contribution in [2.75, 3.05) is 46.5 Å². The molecular weight excluding hydrogens is 340 g/mol. The number of benzene rings is 1. The average Bonchev–Trinajstić information content (AvgIpc) is 3.19. The summed E-state index contributed by atoms with van der Waals surface area (Å²) in [5.41, 5.74) is 7.48. The number of nitrogens with two attached hydrogens (primary N) is 1. The minimum Gasteiger partial charge on any atom is -0.497 e. The normalized spacial score (nSPS) is 23.3. The van der Waals surface area contributed by atoms with Gasteiger partial charge in [0.15, 0.2) is 5.96 Å². The molecule has 0 bridgehead atoms. The van der Waals surface area contributed by atoms with E-state index in [1.165, 1.54) is 24.9 Å². The van der Waals surface area contributed by atoms with Crippen LogP contribution >= 0.6 is 0 Å². The van der Waals surface area contributed by atoms with Gasteiger partial charge in [-0.2, -0.15) is 0 Å². The Balaban J connectivity index is 1.64. The molecule has 0 spiro atoms. The Labute approximate surface area is 163 Å². The number of methoxy groups -OCH3 is 1. The average molecular weight is 375 g/mol. The molecule has 2 saturated heterocycles. The van der Waals surface area contributed by atoms with Crippen molar-refractivity contribution in [3.05, 3.63) is 29.8 Å². The van der Waals surface area contributed by atoms with Crippen LogP contribution in [0.1, 0.15) is 38.2 Å². The van der Waals surface area contributed by atoms with Crippen molar-refractivity contribution in [2.24, 2.45) is 10.7 Å². The fourth-order valence-electron chi connectivity index (χ4n) is 4.30. The predicted molar refractivity (Wildman–Crippen MR) is 109 cm³/mol. The zero-order chi connectivity index (χ0) is 19.1. The molecule has 1 atom stereocenters. The quantitative estimate of drug-likeness (QED) is 0.565. The van der Waals surface area contributed by atoms with Gasteiger partial charge < -0.3 is 20.5 Å². The van der Waals surface area contributed by atoms with Gasteiger partial charge in [-0.1, -0.05) is 19.1 Å². The van der Waals surface area contributed by atoms with Gasteiger partial charge in [0, 0.05) is 31.2 Å². The molecular formula is C21H34N4O2. The summed E-state index contributed by atoms with van der Waals surface area (Å²) in [5, 5.41) is 3.35. The Morgan fingerprint density at radius 2 is 2.07 bits per heavy atom. The Morgan fingerprint density at radius 3 is 2.74 bits per heavy atom. The molecule has 0 radical (unpaired) electrons. The number of hydrogen-bond donors (Lipinski definition) is 2. The zero-order valence-electron chi connectivity index (χ0n) is 16.7. The summed E-state index contributed by atoms with van der Waals surface area (Å²) in [6.07, 6.45) is 4.43. The van der Waals surface area contributed by atoms with Crippen LogP contribution in [-0.4, -0.2) is 63.4 Å². The Hall–Kier alpha value is -1.79. The van der Waals surface area contributed by atoms with Crippen molar-refractivity contribution in [3.63, 3.8) is 0 Å². The van der Waals surface area contributed by atoms with Crippen LogP contribution in [0.25, 0.3) is 0 Å². The molecule has 6 heteroatoms. The number of nitrogens with one attached hydrogen (secondary N) is 1. The van der Waals surface area contributed by atoms with Crippen LogP contribution < -0.4 is 15.8 Å². The number of likely N-dealkylation sites (N-methyl/N-ethyl adjacent to an activating group) is 1. The smallest absolute Gasteiger partial charge is 0.188 e. The second-order valence-electron chi connectivity index (χ2n) is 7.63. The van der Waals surface area contributed by atoms with Crippen molar-refractivity contribution in [3.8, 4) is 5.75 Å². The number of rotatable bonds is 7. The molecule has 2 heterocycles. The highest BCUT2D eigenvalue weighted by Crippen LogP contribution is 2.36. The van der Waals surface area contributed by atoms with Crippen LogP contribution in [0, 0.1) is 0 Å². The Morgan fingerprint density at radius 1 is 1.33 bits per heavy atom. The van der Waals surface area contributed by atoms with E-state index >= 15 is 0 Å². The molecule has 2 aliphatic heterocycles. The largest absolute Gasteiger partial charge is 0.497 e. The molecule has 150 valence electrons. The van der Waals surface area contributed by atoms with Crippen LogP contribution in [0.2, 0.25) is 0 Å². The molecule has 6 nitrogen and oxygen atoms in total. The summed E-state index contributed by atoms with van der Waals surface area (Å²) in [5.74, 6) is 1.43. The number of nitrogens with zero attached hydrogens (tertiary/aromatic N) is 2. The molecule has 0 aliphatic carbocycles. The summed E-state index contributed by atoms with van der Waals surface area (Å²) in [6.45, 7) is 7.61. The van der Waals surface area contributed by atoms with E-state index in [0.717, 1.165) is 44.9 Å². The number of aliphatic imine (C=N–C) groups is 1. The zero-order valence-corrected chi connectivity index (χ0v) is 16.7. The molecule has 1 aromatic carbocycles. The van der Waals surface area contributed by atoms with E-state index in [9.17, 15) is 0 Å². The third-order valence-electron chi connectivity index (χ3n) is 6.13. The fourth-order valence-corrected chi connectivity index (χ4v) is 4.30. The summed E-state index contributed by atoms with van der Waals surface area (Å²) < 4.78 is 10.9. The van der Waals surface area contributed by atoms with E-state index in [0.29, 0.717) is 18.5 Å². The van der Waals surface area contributed by atoms with Crippen molar-refractivity contribution >= 4 is 5.96 Å². The summed E-state index contributed by atoms with van der Waals surface area (Å²) in [7, 11) is 1.69. The lowest BCUT2D eigenvalue weighted by molar-refractivity contribution is 0.0531. The molecule has 3 rings (SSSR count). The van der Waals surface area contributed by atoms with Crippen molar-refractivity contribution < 1.29 is 9.47 Å². The first kappa shape index (κ1) is 20.0. The second kappa shape index (κ2) is 9.42. The Bertz CT molecular complexity index is 611. The van der Waals surface area contributed by atoms with Crippen LogP contribution in [0.15, 0.2) is 29.3 Å². The molecule has 1 aromatic rings. The molecule has 1 unspecified atom stereocenters. The van der Waals surface area contributed by atoms with Crippen LogP contribution in [0.4, 0.5) is 0 Å². The van der Waals surface area contributed by atoms with Gasteiger partial charge >= 0.3 is 0 Å². The third kappa shape index (κ3) is 4.93. The molecule has 0 amide bonds. The first-order valence-corrected chi connectivity index (χ1v) is 10.2. The van der Waals surface area contributed by atoms with Gasteiger partial charge in [-0.25, -0.2) is 0 Å². The highest BCUT2D eigenvalue weighted by molar-refractivity contribution is 5.77. The topological polar surface area (TPSA) is 72.1 Å². The SMILES string of the molecule is CCN1CCCC1CNC(N)=NCC1(c2ccc(OC)cc2)CCOCC1. The Kier molecular flexibility index (Phi) is 6.96. The molecule has 3 N–H and O–H groups in total. The van der Waals surface area contributed by atoms with Gasteiger partial charge in [0.1, 0.15) is 5.75 Å². The van der Waals surface area contributed by atoms with E-state index < -0.39 is 0 Å². The minimum absolute atomic E-state index is 0.0143. The molecule has 2 aliphatic rings. The summed E-state index contributed by atoms with van der Waals surface area (Å²) in [4.78, 5) is 7.24. The number of guanidine groups is 1. The van der Waals surface area contributed by atoms with Gasteiger partial charge in [-0.05, 0) is 56.5 Å². The van der Waals surface area contributed by atoms with E-state index in [1.54, 1.807) is 7.11 Å². The molecule has 0 saturated carbocycles. The standard InChI is InChI=1S/C21H34N4O2/c1-3-25-12-4-5-18(25)15-23-20(22)24-16-21(10-13-27-14-11-21)17-6-8-19(26-2)9-7-17/h6-9,18H,3-5,10-16H2,1-2H3,(H3,22,23,24). The van der Waals surface area contributed by atoms with Crippen molar-refractivity contribution in [1.82, 2.24) is 10.2 Å². The molecule has 2 fully saturated rings. The maximum absolute atomic E-state index is 6.21. The van der Waals surface area contributed by atoms with E-state index in [1.807, 2.05) is 12.1 Å². The molecule has 27 heavy (non-hydrogen) atoms. The lowest BCUT2D eigenvalue weighted by Crippen LogP contribution is -2.44. The lowest BCUT2D eigenvalue weighted by Gasteiger charge is -2.36. The van der Waals surface area contributed by atoms with Crippen LogP contribution in [0.3, 0.4) is 0 Å². The first-order chi connectivity index (χ1) is 13.2. The van der Waals surface area contributed by atoms with Crippen molar-refractivity contribution in [1.29, 1.82) is 0 Å². The summed E-state index contributed by atoms with van der Waals surface area (Å²) >= 11 is 0. The number of hydrogen-bond acceptors (Lipinski definition) is 4. The highest BCUT2D eigenvalue weighted by Gasteiger charge is 2.34. The van der Waals surface area contributed by atoms with Gasteiger partial charge in [-0.15, -0.1) is 0 Å². The van der Waals surface area contributed by atoms with E-state index in [2.05, 4.69) is 29.3 Å². The predicted octanol–water partition coefficient (Wildman–Crippen LogP) is 2.13. The summed E-state index contributed by atoms with van der Waals surface area (Å²) in [6, 6.07) is 8.93.